The molecule has 0 atom stereocenters. The molecule has 0 aromatic heterocycles. The number of ether oxygens (including phenoxy) is 1. The predicted octanol–water partition coefficient (Wildman–Crippen LogP) is 3.78. The number of nitrogens with one attached hydrogen (secondary N) is 1. The Hall–Kier alpha value is -2.37. The first-order chi connectivity index (χ1) is 11.4. The maximum absolute atomic E-state index is 12.0. The number of benzene rings is 2. The number of hydrogen-bond donors (Lipinski definition) is 1. The van der Waals surface area contributed by atoms with Crippen molar-refractivity contribution in [2.45, 2.75) is 6.42 Å². The normalized spacial score (nSPS) is 10.1. The Kier molecular flexibility index (Phi) is 5.95. The molecule has 1 N–H and O–H groups in total. The lowest BCUT2D eigenvalue weighted by Gasteiger charge is -2.06. The molecule has 1 amide bonds. The van der Waals surface area contributed by atoms with Crippen molar-refractivity contribution in [3.8, 4) is 5.75 Å². The minimum Gasteiger partial charge on any atom is -0.497 e. The summed E-state index contributed by atoms with van der Waals surface area (Å²) in [5.74, 6) is -1.60. The van der Waals surface area contributed by atoms with Gasteiger partial charge in [0.05, 0.1) is 23.6 Å². The summed E-state index contributed by atoms with van der Waals surface area (Å²) in [7, 11) is 1.51. The number of methoxy groups -OCH3 is 1. The lowest BCUT2D eigenvalue weighted by atomic mass is 10.1. The molecule has 0 unspecified atom stereocenters. The first-order valence-corrected chi connectivity index (χ1v) is 7.63. The van der Waals surface area contributed by atoms with Crippen LogP contribution in [0.5, 0.6) is 5.75 Å². The fourth-order valence-corrected chi connectivity index (χ4v) is 2.18. The molecule has 0 aliphatic carbocycles. The zero-order chi connectivity index (χ0) is 17.7. The van der Waals surface area contributed by atoms with E-state index in [9.17, 15) is 14.4 Å². The van der Waals surface area contributed by atoms with Gasteiger partial charge in [0.1, 0.15) is 5.75 Å². The summed E-state index contributed by atoms with van der Waals surface area (Å²) in [6.07, 6.45) is -0.528. The summed E-state index contributed by atoms with van der Waals surface area (Å²) in [6.45, 7) is 0. The van der Waals surface area contributed by atoms with Gasteiger partial charge in [-0.15, -0.1) is 0 Å². The van der Waals surface area contributed by atoms with E-state index in [4.69, 9.17) is 27.9 Å². The van der Waals surface area contributed by atoms with Crippen LogP contribution in [-0.2, 0) is 9.59 Å². The van der Waals surface area contributed by atoms with E-state index in [0.717, 1.165) is 0 Å². The number of carbonyl (C=O) groups is 3. The predicted molar refractivity (Wildman–Crippen MR) is 92.0 cm³/mol. The molecule has 0 bridgehead atoms. The van der Waals surface area contributed by atoms with Crippen LogP contribution in [0.3, 0.4) is 0 Å². The highest BCUT2D eigenvalue weighted by atomic mass is 35.5. The van der Waals surface area contributed by atoms with Crippen LogP contribution in [0.25, 0.3) is 0 Å². The molecular weight excluding hydrogens is 353 g/mol. The van der Waals surface area contributed by atoms with Gasteiger partial charge in [-0.2, -0.15) is 0 Å². The van der Waals surface area contributed by atoms with Gasteiger partial charge in [0.25, 0.3) is 5.91 Å². The summed E-state index contributed by atoms with van der Waals surface area (Å²) in [5, 5.41) is 2.96. The Bertz CT molecular complexity index is 788. The van der Waals surface area contributed by atoms with Gasteiger partial charge in [0, 0.05) is 11.3 Å². The molecule has 0 radical (unpaired) electrons. The van der Waals surface area contributed by atoms with E-state index in [2.05, 4.69) is 5.32 Å². The largest absolute Gasteiger partial charge is 0.497 e. The summed E-state index contributed by atoms with van der Waals surface area (Å²) in [6, 6.07) is 10.7. The molecule has 2 aromatic carbocycles. The topological polar surface area (TPSA) is 72.5 Å². The molecule has 2 rings (SSSR count). The highest BCUT2D eigenvalue weighted by Crippen LogP contribution is 2.25. The third-order valence-electron chi connectivity index (χ3n) is 3.16. The minimum absolute atomic E-state index is 0.247. The van der Waals surface area contributed by atoms with Crippen molar-refractivity contribution < 1.29 is 19.1 Å². The monoisotopic (exact) mass is 365 g/mol. The van der Waals surface area contributed by atoms with E-state index in [0.29, 0.717) is 22.0 Å². The lowest BCUT2D eigenvalue weighted by molar-refractivity contribution is -0.134. The molecule has 0 saturated carbocycles. The van der Waals surface area contributed by atoms with Crippen LogP contribution in [0, 0.1) is 0 Å². The van der Waals surface area contributed by atoms with Crippen molar-refractivity contribution >= 4 is 46.4 Å². The molecule has 7 heteroatoms. The Morgan fingerprint density at radius 3 is 2.25 bits per heavy atom. The number of ketones is 2. The van der Waals surface area contributed by atoms with Crippen LogP contribution in [0.1, 0.15) is 16.8 Å². The van der Waals surface area contributed by atoms with Crippen LogP contribution in [0.2, 0.25) is 10.0 Å². The molecule has 0 aliphatic heterocycles. The van der Waals surface area contributed by atoms with Crippen molar-refractivity contribution in [1.29, 1.82) is 0 Å². The molecule has 0 fully saturated rings. The molecule has 0 aliphatic rings. The van der Waals surface area contributed by atoms with Gasteiger partial charge >= 0.3 is 0 Å². The van der Waals surface area contributed by atoms with Gasteiger partial charge in [-0.05, 0) is 42.5 Å². The van der Waals surface area contributed by atoms with E-state index >= 15 is 0 Å². The van der Waals surface area contributed by atoms with Gasteiger partial charge in [0.2, 0.25) is 5.78 Å². The Balaban J connectivity index is 1.98. The highest BCUT2D eigenvalue weighted by Gasteiger charge is 2.19. The van der Waals surface area contributed by atoms with Crippen molar-refractivity contribution in [3.63, 3.8) is 0 Å². The summed E-state index contributed by atoms with van der Waals surface area (Å²) < 4.78 is 4.99. The van der Waals surface area contributed by atoms with Gasteiger partial charge in [-0.1, -0.05) is 23.2 Å². The maximum Gasteiger partial charge on any atom is 0.292 e. The SMILES string of the molecule is COc1ccc(C(=O)CC(=O)C(=O)Nc2ccc(Cl)c(Cl)c2)cc1. The number of halogens is 2. The van der Waals surface area contributed by atoms with Gasteiger partial charge in [0.15, 0.2) is 5.78 Å². The van der Waals surface area contributed by atoms with Crippen molar-refractivity contribution in [2.75, 3.05) is 12.4 Å². The van der Waals surface area contributed by atoms with Crippen molar-refractivity contribution in [2.24, 2.45) is 0 Å². The number of hydrogen-bond acceptors (Lipinski definition) is 4. The lowest BCUT2D eigenvalue weighted by Crippen LogP contribution is -2.25. The zero-order valence-electron chi connectivity index (χ0n) is 12.6. The third-order valence-corrected chi connectivity index (χ3v) is 3.90. The van der Waals surface area contributed by atoms with E-state index in [1.54, 1.807) is 12.1 Å². The van der Waals surface area contributed by atoms with Crippen molar-refractivity contribution in [3.05, 3.63) is 58.1 Å². The summed E-state index contributed by atoms with van der Waals surface area (Å²) in [4.78, 5) is 35.8. The first-order valence-electron chi connectivity index (χ1n) is 6.87. The maximum atomic E-state index is 12.0. The third kappa shape index (κ3) is 4.57. The number of Topliss-reactive ketones (excluding diaryl/α,β-unsaturated/α-hetero) is 2. The van der Waals surface area contributed by atoms with Gasteiger partial charge < -0.3 is 10.1 Å². The highest BCUT2D eigenvalue weighted by molar-refractivity contribution is 6.44. The molecule has 124 valence electrons. The standard InChI is InChI=1S/C17H13Cl2NO4/c1-24-12-5-2-10(3-6-12)15(21)9-16(22)17(23)20-11-4-7-13(18)14(19)8-11/h2-8H,9H2,1H3,(H,20,23). The molecule has 0 heterocycles. The Morgan fingerprint density at radius 1 is 1.00 bits per heavy atom. The second-order valence-corrected chi connectivity index (χ2v) is 5.65. The molecule has 2 aromatic rings. The number of rotatable bonds is 6. The van der Waals surface area contributed by atoms with Gasteiger partial charge in [-0.3, -0.25) is 14.4 Å². The number of anilines is 1. The van der Waals surface area contributed by atoms with E-state index in [-0.39, 0.29) is 5.02 Å². The molecule has 0 spiro atoms. The molecule has 5 nitrogen and oxygen atoms in total. The van der Waals surface area contributed by atoms with Crippen LogP contribution in [0.4, 0.5) is 5.69 Å². The second kappa shape index (κ2) is 7.95. The smallest absolute Gasteiger partial charge is 0.292 e. The second-order valence-electron chi connectivity index (χ2n) is 4.83. The average Bonchev–Trinajstić information content (AvgIpc) is 2.58. The van der Waals surface area contributed by atoms with Crippen LogP contribution in [0.15, 0.2) is 42.5 Å². The summed E-state index contributed by atoms with van der Waals surface area (Å²) in [5.41, 5.74) is 0.645. The quantitative estimate of drug-likeness (QED) is 0.480. The van der Waals surface area contributed by atoms with Gasteiger partial charge in [-0.25, -0.2) is 0 Å². The van der Waals surface area contributed by atoms with E-state index in [1.807, 2.05) is 0 Å². The average molecular weight is 366 g/mol. The Morgan fingerprint density at radius 2 is 1.67 bits per heavy atom. The van der Waals surface area contributed by atoms with E-state index in [1.165, 1.54) is 37.4 Å². The number of amides is 1. The first kappa shape index (κ1) is 18.0. The fourth-order valence-electron chi connectivity index (χ4n) is 1.88. The van der Waals surface area contributed by atoms with Crippen LogP contribution >= 0.6 is 23.2 Å². The van der Waals surface area contributed by atoms with Crippen LogP contribution < -0.4 is 10.1 Å². The zero-order valence-corrected chi connectivity index (χ0v) is 14.1. The number of carbonyl (C=O) groups excluding carboxylic acids is 3. The van der Waals surface area contributed by atoms with Crippen molar-refractivity contribution in [1.82, 2.24) is 0 Å². The summed E-state index contributed by atoms with van der Waals surface area (Å²) >= 11 is 11.6. The van der Waals surface area contributed by atoms with Crippen LogP contribution in [-0.4, -0.2) is 24.6 Å². The molecule has 24 heavy (non-hydrogen) atoms. The molecular formula is C17H13Cl2NO4. The fraction of sp³-hybridized carbons (Fsp3) is 0.118. The minimum atomic E-state index is -0.893. The Labute approximate surface area is 148 Å². The van der Waals surface area contributed by atoms with E-state index < -0.39 is 23.9 Å². The molecule has 0 saturated heterocycles.